The molecule has 136 valence electrons. The van der Waals surface area contributed by atoms with Gasteiger partial charge in [-0.3, -0.25) is 14.9 Å². The largest absolute Gasteiger partial charge is 0.431 e. The standard InChI is InChI=1S/C21H19N3O3/c1-14-9-10-18-16(12-14)8-5-11-24(18)20(26)17-13-27-21(22-17)23-19(25)15-6-3-2-4-7-15/h2-4,6-7,9-10,12-13H,5,8,11H2,1H3,(H,22,23,25). The van der Waals surface area contributed by atoms with Crippen molar-refractivity contribution in [3.63, 3.8) is 0 Å². The number of benzene rings is 2. The molecule has 0 aliphatic carbocycles. The summed E-state index contributed by atoms with van der Waals surface area (Å²) < 4.78 is 5.29. The first-order valence-electron chi connectivity index (χ1n) is 8.85. The van der Waals surface area contributed by atoms with Gasteiger partial charge in [-0.15, -0.1) is 0 Å². The Bertz CT molecular complexity index is 995. The van der Waals surface area contributed by atoms with Gasteiger partial charge in [0.15, 0.2) is 5.69 Å². The molecule has 0 fully saturated rings. The van der Waals surface area contributed by atoms with Crippen LogP contribution in [0.1, 0.15) is 38.4 Å². The Balaban J connectivity index is 1.52. The van der Waals surface area contributed by atoms with E-state index >= 15 is 0 Å². The highest BCUT2D eigenvalue weighted by Crippen LogP contribution is 2.29. The maximum absolute atomic E-state index is 12.9. The van der Waals surface area contributed by atoms with Crippen LogP contribution in [0.2, 0.25) is 0 Å². The lowest BCUT2D eigenvalue weighted by Gasteiger charge is -2.29. The molecule has 3 aromatic rings. The van der Waals surface area contributed by atoms with E-state index in [-0.39, 0.29) is 23.5 Å². The average molecular weight is 361 g/mol. The molecule has 0 unspecified atom stereocenters. The molecule has 4 rings (SSSR count). The van der Waals surface area contributed by atoms with E-state index in [1.165, 1.54) is 11.8 Å². The van der Waals surface area contributed by atoms with Crippen LogP contribution in [0.5, 0.6) is 0 Å². The third-order valence-corrected chi connectivity index (χ3v) is 4.58. The Hall–Kier alpha value is -3.41. The van der Waals surface area contributed by atoms with Gasteiger partial charge in [0.2, 0.25) is 0 Å². The number of aromatic nitrogens is 1. The molecule has 2 aromatic carbocycles. The molecule has 6 nitrogen and oxygen atoms in total. The molecule has 0 atom stereocenters. The van der Waals surface area contributed by atoms with Crippen LogP contribution < -0.4 is 10.2 Å². The van der Waals surface area contributed by atoms with Gasteiger partial charge in [-0.1, -0.05) is 35.9 Å². The number of carbonyl (C=O) groups is 2. The second-order valence-corrected chi connectivity index (χ2v) is 6.55. The number of fused-ring (bicyclic) bond motifs is 1. The predicted octanol–water partition coefficient (Wildman–Crippen LogP) is 3.83. The number of amides is 2. The van der Waals surface area contributed by atoms with Crippen LogP contribution in [0, 0.1) is 6.92 Å². The van der Waals surface area contributed by atoms with E-state index in [9.17, 15) is 9.59 Å². The summed E-state index contributed by atoms with van der Waals surface area (Å²) in [5.74, 6) is -0.570. The van der Waals surface area contributed by atoms with Crippen LogP contribution in [0.4, 0.5) is 11.7 Å². The van der Waals surface area contributed by atoms with Gasteiger partial charge < -0.3 is 9.32 Å². The van der Waals surface area contributed by atoms with Crippen molar-refractivity contribution in [1.29, 1.82) is 0 Å². The number of rotatable bonds is 3. The lowest BCUT2D eigenvalue weighted by atomic mass is 9.99. The molecule has 27 heavy (non-hydrogen) atoms. The number of nitrogens with one attached hydrogen (secondary N) is 1. The molecule has 1 N–H and O–H groups in total. The normalized spacial score (nSPS) is 13.1. The Morgan fingerprint density at radius 3 is 2.78 bits per heavy atom. The van der Waals surface area contributed by atoms with Crippen molar-refractivity contribution < 1.29 is 14.0 Å². The van der Waals surface area contributed by atoms with Crippen molar-refractivity contribution in [2.45, 2.75) is 19.8 Å². The molecule has 1 aromatic heterocycles. The molecule has 2 heterocycles. The SMILES string of the molecule is Cc1ccc2c(c1)CCCN2C(=O)c1coc(NC(=O)c2ccccc2)n1. The summed E-state index contributed by atoms with van der Waals surface area (Å²) in [5, 5.41) is 2.58. The molecule has 0 bridgehead atoms. The minimum absolute atomic E-state index is 0.00772. The molecule has 0 saturated carbocycles. The van der Waals surface area contributed by atoms with Crippen molar-refractivity contribution in [2.75, 3.05) is 16.8 Å². The lowest BCUT2D eigenvalue weighted by molar-refractivity contribution is 0.0978. The van der Waals surface area contributed by atoms with Gasteiger partial charge in [0.1, 0.15) is 6.26 Å². The van der Waals surface area contributed by atoms with Gasteiger partial charge in [0.05, 0.1) is 0 Å². The summed E-state index contributed by atoms with van der Waals surface area (Å²) in [6.45, 7) is 2.67. The highest BCUT2D eigenvalue weighted by atomic mass is 16.4. The number of aryl methyl sites for hydroxylation is 2. The van der Waals surface area contributed by atoms with E-state index in [2.05, 4.69) is 16.4 Å². The molecule has 6 heteroatoms. The topological polar surface area (TPSA) is 75.4 Å². The van der Waals surface area contributed by atoms with Gasteiger partial charge in [0, 0.05) is 17.8 Å². The summed E-state index contributed by atoms with van der Waals surface area (Å²) in [6, 6.07) is 14.9. The molecular weight excluding hydrogens is 342 g/mol. The zero-order valence-electron chi connectivity index (χ0n) is 14.9. The van der Waals surface area contributed by atoms with Crippen LogP contribution in [0.3, 0.4) is 0 Å². The van der Waals surface area contributed by atoms with E-state index in [0.717, 1.165) is 24.1 Å². The third kappa shape index (κ3) is 3.46. The number of carbonyl (C=O) groups excluding carboxylic acids is 2. The quantitative estimate of drug-likeness (QED) is 0.769. The maximum atomic E-state index is 12.9. The molecule has 0 saturated heterocycles. The van der Waals surface area contributed by atoms with E-state index in [0.29, 0.717) is 12.1 Å². The third-order valence-electron chi connectivity index (χ3n) is 4.58. The zero-order chi connectivity index (χ0) is 18.8. The van der Waals surface area contributed by atoms with Crippen LogP contribution >= 0.6 is 0 Å². The van der Waals surface area contributed by atoms with E-state index in [1.807, 2.05) is 25.1 Å². The number of nitrogens with zero attached hydrogens (tertiary/aromatic N) is 2. The Morgan fingerprint density at radius 2 is 1.96 bits per heavy atom. The fraction of sp³-hybridized carbons (Fsp3) is 0.190. The zero-order valence-corrected chi connectivity index (χ0v) is 14.9. The molecule has 0 spiro atoms. The second-order valence-electron chi connectivity index (χ2n) is 6.55. The number of anilines is 2. The van der Waals surface area contributed by atoms with Gasteiger partial charge in [-0.05, 0) is 43.5 Å². The predicted molar refractivity (Wildman–Crippen MR) is 102 cm³/mol. The van der Waals surface area contributed by atoms with Crippen molar-refractivity contribution in [3.8, 4) is 0 Å². The smallest absolute Gasteiger partial charge is 0.302 e. The van der Waals surface area contributed by atoms with Crippen molar-refractivity contribution in [1.82, 2.24) is 4.98 Å². The molecule has 1 aliphatic heterocycles. The average Bonchev–Trinajstić information content (AvgIpc) is 3.16. The monoisotopic (exact) mass is 361 g/mol. The van der Waals surface area contributed by atoms with Gasteiger partial charge >= 0.3 is 6.01 Å². The fourth-order valence-electron chi connectivity index (χ4n) is 3.26. The lowest BCUT2D eigenvalue weighted by Crippen LogP contribution is -2.35. The number of oxazole rings is 1. The highest BCUT2D eigenvalue weighted by molar-refractivity contribution is 6.06. The summed E-state index contributed by atoms with van der Waals surface area (Å²) in [6.07, 6.45) is 3.14. The Kier molecular flexibility index (Phi) is 4.46. The second kappa shape index (κ2) is 7.07. The van der Waals surface area contributed by atoms with Gasteiger partial charge in [-0.25, -0.2) is 0 Å². The molecule has 0 radical (unpaired) electrons. The van der Waals surface area contributed by atoms with Gasteiger partial charge in [0.25, 0.3) is 11.8 Å². The van der Waals surface area contributed by atoms with Crippen molar-refractivity contribution >= 4 is 23.5 Å². The first-order valence-corrected chi connectivity index (χ1v) is 8.85. The minimum atomic E-state index is -0.338. The molecule has 1 aliphatic rings. The summed E-state index contributed by atoms with van der Waals surface area (Å²) in [5.41, 5.74) is 3.91. The molecular formula is C21H19N3O3. The number of hydrogen-bond donors (Lipinski definition) is 1. The maximum Gasteiger partial charge on any atom is 0.302 e. The van der Waals surface area contributed by atoms with Crippen LogP contribution in [-0.4, -0.2) is 23.3 Å². The summed E-state index contributed by atoms with van der Waals surface area (Å²) >= 11 is 0. The first-order chi connectivity index (χ1) is 13.1. The number of hydrogen-bond acceptors (Lipinski definition) is 4. The molecule has 2 amide bonds. The summed E-state index contributed by atoms with van der Waals surface area (Å²) in [7, 11) is 0. The Labute approximate surface area is 156 Å². The van der Waals surface area contributed by atoms with Crippen LogP contribution in [0.15, 0.2) is 59.2 Å². The van der Waals surface area contributed by atoms with Crippen molar-refractivity contribution in [2.24, 2.45) is 0 Å². The first kappa shape index (κ1) is 17.0. The summed E-state index contributed by atoms with van der Waals surface area (Å²) in [4.78, 5) is 31.0. The highest BCUT2D eigenvalue weighted by Gasteiger charge is 2.26. The van der Waals surface area contributed by atoms with Crippen molar-refractivity contribution in [3.05, 3.63) is 77.2 Å². The van der Waals surface area contributed by atoms with E-state index in [4.69, 9.17) is 4.42 Å². The van der Waals surface area contributed by atoms with E-state index in [1.54, 1.807) is 29.2 Å². The van der Waals surface area contributed by atoms with Gasteiger partial charge in [-0.2, -0.15) is 4.98 Å². The van der Waals surface area contributed by atoms with Crippen LogP contribution in [-0.2, 0) is 6.42 Å². The fourth-order valence-corrected chi connectivity index (χ4v) is 3.26. The van der Waals surface area contributed by atoms with Crippen LogP contribution in [0.25, 0.3) is 0 Å². The minimum Gasteiger partial charge on any atom is -0.431 e. The van der Waals surface area contributed by atoms with E-state index < -0.39 is 0 Å². The Morgan fingerprint density at radius 1 is 1.15 bits per heavy atom.